The Hall–Kier alpha value is -1.32. The third-order valence-corrected chi connectivity index (χ3v) is 6.99. The second-order valence-electron chi connectivity index (χ2n) is 5.71. The monoisotopic (exact) mass is 421 g/mol. The van der Waals surface area contributed by atoms with Crippen LogP contribution in [0.5, 0.6) is 0 Å². The highest BCUT2D eigenvalue weighted by Crippen LogP contribution is 2.55. The number of pyridine rings is 1. The summed E-state index contributed by atoms with van der Waals surface area (Å²) in [6, 6.07) is 3.48. The van der Waals surface area contributed by atoms with Crippen molar-refractivity contribution in [3.63, 3.8) is 0 Å². The second kappa shape index (κ2) is 9.05. The van der Waals surface area contributed by atoms with Crippen molar-refractivity contribution in [2.75, 3.05) is 19.7 Å². The average Bonchev–Trinajstić information content (AvgIpc) is 2.91. The third kappa shape index (κ3) is 5.34. The fourth-order valence-corrected chi connectivity index (χ4v) is 5.76. The lowest BCUT2D eigenvalue weighted by molar-refractivity contribution is -0.486. The fraction of sp³-hybridized carbons (Fsp3) is 0.571. The fourth-order valence-electron chi connectivity index (χ4n) is 2.46. The summed E-state index contributed by atoms with van der Waals surface area (Å²) in [6.07, 6.45) is 1.44. The van der Waals surface area contributed by atoms with Crippen LogP contribution in [0.15, 0.2) is 23.4 Å². The van der Waals surface area contributed by atoms with E-state index in [2.05, 4.69) is 10.1 Å². The summed E-state index contributed by atoms with van der Waals surface area (Å²) in [6.45, 7) is 4.22. The second-order valence-corrected chi connectivity index (χ2v) is 9.37. The van der Waals surface area contributed by atoms with E-state index >= 15 is 0 Å². The van der Waals surface area contributed by atoms with Crippen LogP contribution in [0.4, 0.5) is 0 Å². The molecule has 1 unspecified atom stereocenters. The SMILES string of the molecule is CCOP(=S)(OC(C)C)N1CCN(Cc2ccc(Cl)nc2)C1=N[N+](=O)[O-]. The van der Waals surface area contributed by atoms with E-state index in [0.717, 1.165) is 5.56 Å². The van der Waals surface area contributed by atoms with Gasteiger partial charge in [0.15, 0.2) is 5.03 Å². The Morgan fingerprint density at radius 3 is 2.77 bits per heavy atom. The van der Waals surface area contributed by atoms with Crippen molar-refractivity contribution in [1.29, 1.82) is 0 Å². The maximum atomic E-state index is 11.1. The van der Waals surface area contributed by atoms with Gasteiger partial charge in [0, 0.05) is 25.8 Å². The van der Waals surface area contributed by atoms with Crippen LogP contribution >= 0.6 is 18.2 Å². The maximum Gasteiger partial charge on any atom is 0.292 e. The van der Waals surface area contributed by atoms with Gasteiger partial charge in [-0.2, -0.15) is 0 Å². The number of nitro groups is 1. The first-order valence-electron chi connectivity index (χ1n) is 8.04. The number of nitrogens with zero attached hydrogens (tertiary/aromatic N) is 5. The highest BCUT2D eigenvalue weighted by Gasteiger charge is 2.41. The van der Waals surface area contributed by atoms with Crippen LogP contribution in [0.1, 0.15) is 26.3 Å². The number of rotatable bonds is 8. The normalized spacial score (nSPS) is 18.6. The Kier molecular flexibility index (Phi) is 7.31. The van der Waals surface area contributed by atoms with Gasteiger partial charge >= 0.3 is 0 Å². The van der Waals surface area contributed by atoms with Crippen LogP contribution in [-0.4, -0.2) is 51.3 Å². The highest BCUT2D eigenvalue weighted by atomic mass is 35.5. The molecule has 0 aliphatic carbocycles. The van der Waals surface area contributed by atoms with E-state index in [9.17, 15) is 10.1 Å². The van der Waals surface area contributed by atoms with E-state index in [-0.39, 0.29) is 12.1 Å². The van der Waals surface area contributed by atoms with Crippen molar-refractivity contribution in [2.24, 2.45) is 5.10 Å². The van der Waals surface area contributed by atoms with Gasteiger partial charge in [0.1, 0.15) is 10.3 Å². The Bertz CT molecular complexity index is 718. The van der Waals surface area contributed by atoms with E-state index in [0.29, 0.717) is 31.4 Å². The lowest BCUT2D eigenvalue weighted by Gasteiger charge is -2.32. The van der Waals surface area contributed by atoms with Gasteiger partial charge in [-0.25, -0.2) is 15.1 Å². The van der Waals surface area contributed by atoms with Gasteiger partial charge in [0.05, 0.1) is 12.7 Å². The Balaban J connectivity index is 2.31. The zero-order valence-corrected chi connectivity index (χ0v) is 17.2. The molecule has 1 fully saturated rings. The molecule has 1 aliphatic heterocycles. The molecule has 12 heteroatoms. The molecular weight excluding hydrogens is 401 g/mol. The standard InChI is InChI=1S/C14H21ClN5O4PS/c1-4-23-25(26,24-11(2)3)19-8-7-18(14(19)17-20(21)22)10-12-5-6-13(15)16-9-12/h5-6,9,11H,4,7-8,10H2,1-3H3. The minimum Gasteiger partial charge on any atom is -0.331 e. The van der Waals surface area contributed by atoms with E-state index in [4.69, 9.17) is 32.5 Å². The topological polar surface area (TPSA) is 93.3 Å². The van der Waals surface area contributed by atoms with Gasteiger partial charge in [-0.05, 0) is 44.2 Å². The average molecular weight is 422 g/mol. The molecule has 9 nitrogen and oxygen atoms in total. The summed E-state index contributed by atoms with van der Waals surface area (Å²) in [5.41, 5.74) is 0.849. The molecule has 1 aromatic heterocycles. The highest BCUT2D eigenvalue weighted by molar-refractivity contribution is 8.09. The Labute approximate surface area is 162 Å². The molecule has 0 spiro atoms. The lowest BCUT2D eigenvalue weighted by atomic mass is 10.3. The van der Waals surface area contributed by atoms with E-state index < -0.39 is 11.7 Å². The van der Waals surface area contributed by atoms with Gasteiger partial charge in [0.25, 0.3) is 12.6 Å². The summed E-state index contributed by atoms with van der Waals surface area (Å²) >= 11 is 11.4. The molecule has 2 rings (SSSR count). The Morgan fingerprint density at radius 1 is 1.50 bits per heavy atom. The molecule has 1 aromatic rings. The van der Waals surface area contributed by atoms with E-state index in [1.165, 1.54) is 0 Å². The van der Waals surface area contributed by atoms with Crippen LogP contribution in [0.2, 0.25) is 5.15 Å². The molecule has 2 heterocycles. The van der Waals surface area contributed by atoms with Crippen LogP contribution in [-0.2, 0) is 27.4 Å². The van der Waals surface area contributed by atoms with Gasteiger partial charge in [0.2, 0.25) is 0 Å². The minimum absolute atomic E-state index is 0.141. The molecule has 0 radical (unpaired) electrons. The molecule has 0 amide bonds. The summed E-state index contributed by atoms with van der Waals surface area (Å²) in [7, 11) is 0. The summed E-state index contributed by atoms with van der Waals surface area (Å²) in [5.74, 6) is 0.141. The van der Waals surface area contributed by atoms with Gasteiger partial charge in [-0.3, -0.25) is 4.67 Å². The summed E-state index contributed by atoms with van der Waals surface area (Å²) in [4.78, 5) is 16.9. The van der Waals surface area contributed by atoms with E-state index in [1.807, 2.05) is 26.8 Å². The molecule has 0 aromatic carbocycles. The molecule has 0 N–H and O–H groups in total. The lowest BCUT2D eigenvalue weighted by Crippen LogP contribution is -2.34. The van der Waals surface area contributed by atoms with Crippen LogP contribution in [0.3, 0.4) is 0 Å². The van der Waals surface area contributed by atoms with Crippen molar-refractivity contribution >= 4 is 36.0 Å². The molecule has 144 valence electrons. The molecule has 1 aliphatic rings. The molecule has 0 bridgehead atoms. The summed E-state index contributed by atoms with van der Waals surface area (Å²) in [5, 5.41) is 14.3. The van der Waals surface area contributed by atoms with Crippen molar-refractivity contribution in [2.45, 2.75) is 33.4 Å². The van der Waals surface area contributed by atoms with Crippen molar-refractivity contribution in [3.05, 3.63) is 39.2 Å². The zero-order valence-electron chi connectivity index (χ0n) is 14.7. The smallest absolute Gasteiger partial charge is 0.292 e. The number of aromatic nitrogens is 1. The number of hydrogen-bond donors (Lipinski definition) is 0. The third-order valence-electron chi connectivity index (χ3n) is 3.36. The van der Waals surface area contributed by atoms with Crippen molar-refractivity contribution < 1.29 is 14.1 Å². The van der Waals surface area contributed by atoms with Crippen molar-refractivity contribution in [3.8, 4) is 0 Å². The minimum atomic E-state index is -2.93. The molecule has 0 saturated carbocycles. The number of hydrogen-bond acceptors (Lipinski definition) is 6. The molecule has 26 heavy (non-hydrogen) atoms. The first-order valence-corrected chi connectivity index (χ1v) is 11.0. The predicted octanol–water partition coefficient (Wildman–Crippen LogP) is 3.09. The number of halogens is 1. The van der Waals surface area contributed by atoms with Crippen molar-refractivity contribution in [1.82, 2.24) is 14.6 Å². The van der Waals surface area contributed by atoms with Crippen LogP contribution < -0.4 is 0 Å². The predicted molar refractivity (Wildman–Crippen MR) is 103 cm³/mol. The first-order chi connectivity index (χ1) is 12.2. The van der Waals surface area contributed by atoms with Gasteiger partial charge in [-0.15, -0.1) is 0 Å². The maximum absolute atomic E-state index is 11.1. The van der Waals surface area contributed by atoms with Gasteiger partial charge < -0.3 is 13.9 Å². The Morgan fingerprint density at radius 2 is 2.23 bits per heavy atom. The summed E-state index contributed by atoms with van der Waals surface area (Å²) < 4.78 is 13.2. The molecular formula is C14H21ClN5O4PS. The van der Waals surface area contributed by atoms with Crippen LogP contribution in [0.25, 0.3) is 0 Å². The number of guanidine groups is 1. The first kappa shape index (κ1) is 21.0. The van der Waals surface area contributed by atoms with Gasteiger partial charge in [-0.1, -0.05) is 17.7 Å². The number of hydrazone groups is 1. The van der Waals surface area contributed by atoms with Crippen LogP contribution in [0, 0.1) is 10.1 Å². The largest absolute Gasteiger partial charge is 0.331 e. The quantitative estimate of drug-likeness (QED) is 0.273. The van der Waals surface area contributed by atoms with E-state index in [1.54, 1.807) is 21.8 Å². The zero-order chi connectivity index (χ0) is 19.3. The molecule has 1 saturated heterocycles. The molecule has 1 atom stereocenters.